The molecular formula is C10H10FN3O2. The SMILES string of the molecule is NC(=O)CN1C(=O)C(N)c2cc(F)ccc21. The molecule has 1 unspecified atom stereocenters. The third-order valence-corrected chi connectivity index (χ3v) is 2.46. The zero-order valence-electron chi connectivity index (χ0n) is 8.31. The number of fused-ring (bicyclic) bond motifs is 1. The zero-order chi connectivity index (χ0) is 11.9. The van der Waals surface area contributed by atoms with Gasteiger partial charge < -0.3 is 16.4 Å². The lowest BCUT2D eigenvalue weighted by Gasteiger charge is -2.14. The molecule has 0 spiro atoms. The summed E-state index contributed by atoms with van der Waals surface area (Å²) in [5, 5.41) is 0. The van der Waals surface area contributed by atoms with E-state index in [1.165, 1.54) is 23.1 Å². The summed E-state index contributed by atoms with van der Waals surface area (Å²) in [6.07, 6.45) is 0. The van der Waals surface area contributed by atoms with Crippen LogP contribution in [0.3, 0.4) is 0 Å². The number of anilines is 1. The Morgan fingerprint density at radius 3 is 2.81 bits per heavy atom. The van der Waals surface area contributed by atoms with Crippen LogP contribution < -0.4 is 16.4 Å². The van der Waals surface area contributed by atoms with Crippen molar-refractivity contribution < 1.29 is 14.0 Å². The second kappa shape index (κ2) is 3.57. The number of carbonyl (C=O) groups excluding carboxylic acids is 2. The molecule has 0 aromatic heterocycles. The number of amides is 2. The van der Waals surface area contributed by atoms with Gasteiger partial charge in [-0.15, -0.1) is 0 Å². The predicted molar refractivity (Wildman–Crippen MR) is 54.9 cm³/mol. The summed E-state index contributed by atoms with van der Waals surface area (Å²) < 4.78 is 13.0. The maximum atomic E-state index is 13.0. The number of nitrogens with zero attached hydrogens (tertiary/aromatic N) is 1. The molecule has 0 saturated heterocycles. The highest BCUT2D eigenvalue weighted by Gasteiger charge is 2.35. The van der Waals surface area contributed by atoms with Crippen molar-refractivity contribution in [3.05, 3.63) is 29.6 Å². The quantitative estimate of drug-likeness (QED) is 0.718. The molecule has 0 aliphatic carbocycles. The van der Waals surface area contributed by atoms with Gasteiger partial charge in [-0.05, 0) is 18.2 Å². The minimum absolute atomic E-state index is 0.245. The molecule has 5 nitrogen and oxygen atoms in total. The van der Waals surface area contributed by atoms with Crippen molar-refractivity contribution in [1.29, 1.82) is 0 Å². The van der Waals surface area contributed by atoms with Gasteiger partial charge >= 0.3 is 0 Å². The molecule has 4 N–H and O–H groups in total. The van der Waals surface area contributed by atoms with Gasteiger partial charge in [-0.2, -0.15) is 0 Å². The third-order valence-electron chi connectivity index (χ3n) is 2.46. The number of carbonyl (C=O) groups is 2. The van der Waals surface area contributed by atoms with Crippen molar-refractivity contribution in [2.24, 2.45) is 11.5 Å². The minimum atomic E-state index is -0.926. The van der Waals surface area contributed by atoms with E-state index < -0.39 is 23.7 Å². The van der Waals surface area contributed by atoms with Crippen molar-refractivity contribution in [2.75, 3.05) is 11.4 Å². The standard InChI is InChI=1S/C10H10FN3O2/c11-5-1-2-7-6(3-5)9(13)10(16)14(7)4-8(12)15/h1-3,9H,4,13H2,(H2,12,15). The van der Waals surface area contributed by atoms with Crippen molar-refractivity contribution >= 4 is 17.5 Å². The predicted octanol–water partition coefficient (Wildman–Crippen LogP) is -0.343. The van der Waals surface area contributed by atoms with Crippen LogP contribution in [0.25, 0.3) is 0 Å². The number of hydrogen-bond donors (Lipinski definition) is 2. The van der Waals surface area contributed by atoms with Gasteiger partial charge in [0.1, 0.15) is 18.4 Å². The van der Waals surface area contributed by atoms with Gasteiger partial charge in [-0.3, -0.25) is 9.59 Å². The Kier molecular flexibility index (Phi) is 2.35. The van der Waals surface area contributed by atoms with Gasteiger partial charge in [0.2, 0.25) is 11.8 Å². The summed E-state index contributed by atoms with van der Waals surface area (Å²) in [5.41, 5.74) is 11.5. The highest BCUT2D eigenvalue weighted by molar-refractivity contribution is 6.07. The topological polar surface area (TPSA) is 89.4 Å². The van der Waals surface area contributed by atoms with Gasteiger partial charge in [0.15, 0.2) is 0 Å². The summed E-state index contributed by atoms with van der Waals surface area (Å²) in [5.74, 6) is -1.56. The maximum Gasteiger partial charge on any atom is 0.249 e. The fourth-order valence-electron chi connectivity index (χ4n) is 1.76. The molecule has 1 aliphatic heterocycles. The van der Waals surface area contributed by atoms with E-state index in [0.29, 0.717) is 11.3 Å². The summed E-state index contributed by atoms with van der Waals surface area (Å²) in [7, 11) is 0. The molecule has 2 amide bonds. The van der Waals surface area contributed by atoms with E-state index in [1.54, 1.807) is 0 Å². The fraction of sp³-hybridized carbons (Fsp3) is 0.200. The Bertz CT molecular complexity index is 475. The summed E-state index contributed by atoms with van der Waals surface area (Å²) in [6, 6.07) is 2.89. The first-order chi connectivity index (χ1) is 7.50. The van der Waals surface area contributed by atoms with E-state index in [1.807, 2.05) is 0 Å². The summed E-state index contributed by atoms with van der Waals surface area (Å²) in [6.45, 7) is -0.245. The van der Waals surface area contributed by atoms with Crippen LogP contribution in [0.2, 0.25) is 0 Å². The average Bonchev–Trinajstić information content (AvgIpc) is 2.43. The van der Waals surface area contributed by atoms with E-state index in [-0.39, 0.29) is 6.54 Å². The second-order valence-electron chi connectivity index (χ2n) is 3.57. The largest absolute Gasteiger partial charge is 0.368 e. The number of nitrogens with two attached hydrogens (primary N) is 2. The lowest BCUT2D eigenvalue weighted by Crippen LogP contribution is -2.38. The number of benzene rings is 1. The summed E-state index contributed by atoms with van der Waals surface area (Å²) in [4.78, 5) is 23.6. The van der Waals surface area contributed by atoms with E-state index in [0.717, 1.165) is 0 Å². The molecule has 1 aromatic carbocycles. The number of hydrogen-bond acceptors (Lipinski definition) is 3. The molecule has 0 saturated carbocycles. The van der Waals surface area contributed by atoms with Gasteiger partial charge in [0.25, 0.3) is 0 Å². The minimum Gasteiger partial charge on any atom is -0.368 e. The molecule has 1 aliphatic rings. The molecule has 1 heterocycles. The molecule has 1 aromatic rings. The van der Waals surface area contributed by atoms with Crippen LogP contribution >= 0.6 is 0 Å². The van der Waals surface area contributed by atoms with Gasteiger partial charge in [0.05, 0.1) is 0 Å². The molecule has 84 valence electrons. The van der Waals surface area contributed by atoms with Crippen LogP contribution in [0.4, 0.5) is 10.1 Å². The normalized spacial score (nSPS) is 18.8. The van der Waals surface area contributed by atoms with Crippen LogP contribution in [0.1, 0.15) is 11.6 Å². The number of rotatable bonds is 2. The van der Waals surface area contributed by atoms with Crippen LogP contribution in [-0.4, -0.2) is 18.4 Å². The van der Waals surface area contributed by atoms with Crippen LogP contribution in [0.15, 0.2) is 18.2 Å². The zero-order valence-corrected chi connectivity index (χ0v) is 8.31. The molecule has 0 radical (unpaired) electrons. The first kappa shape index (κ1) is 10.6. The molecule has 1 atom stereocenters. The van der Waals surface area contributed by atoms with Crippen molar-refractivity contribution in [3.8, 4) is 0 Å². The lowest BCUT2D eigenvalue weighted by atomic mass is 10.1. The van der Waals surface area contributed by atoms with E-state index >= 15 is 0 Å². The molecule has 6 heteroatoms. The van der Waals surface area contributed by atoms with Crippen molar-refractivity contribution in [3.63, 3.8) is 0 Å². The Balaban J connectivity index is 2.45. The molecule has 16 heavy (non-hydrogen) atoms. The van der Waals surface area contributed by atoms with Gasteiger partial charge in [-0.1, -0.05) is 0 Å². The van der Waals surface area contributed by atoms with Crippen molar-refractivity contribution in [1.82, 2.24) is 0 Å². The fourth-order valence-corrected chi connectivity index (χ4v) is 1.76. The Hall–Kier alpha value is -1.95. The second-order valence-corrected chi connectivity index (χ2v) is 3.57. The number of primary amides is 1. The molecule has 0 bridgehead atoms. The molecule has 2 rings (SSSR count). The number of halogens is 1. The van der Waals surface area contributed by atoms with Crippen LogP contribution in [0.5, 0.6) is 0 Å². The van der Waals surface area contributed by atoms with E-state index in [2.05, 4.69) is 0 Å². The lowest BCUT2D eigenvalue weighted by molar-refractivity contribution is -0.122. The summed E-state index contributed by atoms with van der Waals surface area (Å²) >= 11 is 0. The van der Waals surface area contributed by atoms with Gasteiger partial charge in [0, 0.05) is 11.3 Å². The van der Waals surface area contributed by atoms with Crippen LogP contribution in [-0.2, 0) is 9.59 Å². The average molecular weight is 223 g/mol. The first-order valence-corrected chi connectivity index (χ1v) is 4.65. The Morgan fingerprint density at radius 1 is 1.50 bits per heavy atom. The third kappa shape index (κ3) is 1.53. The van der Waals surface area contributed by atoms with Gasteiger partial charge in [-0.25, -0.2) is 4.39 Å². The van der Waals surface area contributed by atoms with E-state index in [9.17, 15) is 14.0 Å². The first-order valence-electron chi connectivity index (χ1n) is 4.65. The highest BCUT2D eigenvalue weighted by Crippen LogP contribution is 2.34. The molecule has 0 fully saturated rings. The smallest absolute Gasteiger partial charge is 0.249 e. The van der Waals surface area contributed by atoms with E-state index in [4.69, 9.17) is 11.5 Å². The van der Waals surface area contributed by atoms with Crippen LogP contribution in [0, 0.1) is 5.82 Å². The van der Waals surface area contributed by atoms with Crippen molar-refractivity contribution in [2.45, 2.75) is 6.04 Å². The monoisotopic (exact) mass is 223 g/mol. The Morgan fingerprint density at radius 2 is 2.19 bits per heavy atom. The Labute approximate surface area is 90.8 Å². The molecular weight excluding hydrogens is 213 g/mol. The maximum absolute atomic E-state index is 13.0. The highest BCUT2D eigenvalue weighted by atomic mass is 19.1.